The quantitative estimate of drug-likeness (QED) is 0.856. The molecule has 0 spiro atoms. The van der Waals surface area contributed by atoms with Crippen LogP contribution in [-0.4, -0.2) is 30.0 Å². The van der Waals surface area contributed by atoms with Crippen molar-refractivity contribution < 1.29 is 0 Å². The fraction of sp³-hybridized carbons (Fsp3) is 0.467. The molecule has 114 valence electrons. The molecule has 0 saturated heterocycles. The van der Waals surface area contributed by atoms with Crippen molar-refractivity contribution in [3.8, 4) is 0 Å². The maximum absolute atomic E-state index is 6.39. The first-order valence-corrected chi connectivity index (χ1v) is 8.65. The highest BCUT2D eigenvalue weighted by molar-refractivity contribution is 8.01. The van der Waals surface area contributed by atoms with Crippen molar-refractivity contribution in [2.45, 2.75) is 31.2 Å². The minimum atomic E-state index is 0.0160. The van der Waals surface area contributed by atoms with Gasteiger partial charge in [0, 0.05) is 25.9 Å². The van der Waals surface area contributed by atoms with E-state index in [0.29, 0.717) is 0 Å². The first kappa shape index (κ1) is 16.3. The topological polar surface area (TPSA) is 55.0 Å². The van der Waals surface area contributed by atoms with Crippen LogP contribution in [0, 0.1) is 20.8 Å². The monoisotopic (exact) mass is 322 g/mol. The van der Waals surface area contributed by atoms with Gasteiger partial charge in [-0.05, 0) is 37.5 Å². The van der Waals surface area contributed by atoms with Crippen molar-refractivity contribution in [2.24, 2.45) is 5.73 Å². The van der Waals surface area contributed by atoms with Crippen LogP contribution in [0.4, 0.5) is 5.13 Å². The van der Waals surface area contributed by atoms with Crippen molar-refractivity contribution >= 4 is 28.2 Å². The third kappa shape index (κ3) is 3.96. The van der Waals surface area contributed by atoms with E-state index in [1.165, 1.54) is 22.3 Å². The number of benzene rings is 1. The predicted octanol–water partition coefficient (Wildman–Crippen LogP) is 3.32. The van der Waals surface area contributed by atoms with Gasteiger partial charge in [-0.3, -0.25) is 0 Å². The lowest BCUT2D eigenvalue weighted by Crippen LogP contribution is -2.16. The molecule has 0 aliphatic carbocycles. The Bertz CT molecular complexity index is 599. The van der Waals surface area contributed by atoms with Crippen molar-refractivity contribution in [1.82, 2.24) is 10.2 Å². The molecule has 0 fully saturated rings. The summed E-state index contributed by atoms with van der Waals surface area (Å²) >= 11 is 3.28. The van der Waals surface area contributed by atoms with Gasteiger partial charge in [-0.15, -0.1) is 10.2 Å². The maximum Gasteiger partial charge on any atom is 0.208 e. The molecule has 2 N–H and O–H groups in total. The van der Waals surface area contributed by atoms with Crippen LogP contribution >= 0.6 is 23.1 Å². The van der Waals surface area contributed by atoms with Crippen molar-refractivity contribution in [3.63, 3.8) is 0 Å². The normalized spacial score (nSPS) is 12.5. The van der Waals surface area contributed by atoms with Crippen molar-refractivity contribution in [3.05, 3.63) is 34.4 Å². The van der Waals surface area contributed by atoms with Gasteiger partial charge in [0.25, 0.3) is 0 Å². The average Bonchev–Trinajstić information content (AvgIpc) is 2.84. The van der Waals surface area contributed by atoms with E-state index in [-0.39, 0.29) is 6.04 Å². The van der Waals surface area contributed by atoms with Gasteiger partial charge in [-0.2, -0.15) is 0 Å². The predicted molar refractivity (Wildman–Crippen MR) is 92.5 cm³/mol. The van der Waals surface area contributed by atoms with Crippen LogP contribution in [0.25, 0.3) is 0 Å². The van der Waals surface area contributed by atoms with Crippen LogP contribution in [0.15, 0.2) is 16.5 Å². The lowest BCUT2D eigenvalue weighted by atomic mass is 9.95. The van der Waals surface area contributed by atoms with Gasteiger partial charge in [0.15, 0.2) is 4.34 Å². The maximum atomic E-state index is 6.39. The summed E-state index contributed by atoms with van der Waals surface area (Å²) in [6.07, 6.45) is 0. The molecular formula is C15H22N4S2. The Morgan fingerprint density at radius 2 is 1.81 bits per heavy atom. The Hall–Kier alpha value is -1.11. The van der Waals surface area contributed by atoms with Crippen LogP contribution in [0.3, 0.4) is 0 Å². The summed E-state index contributed by atoms with van der Waals surface area (Å²) in [7, 11) is 3.94. The first-order chi connectivity index (χ1) is 9.88. The Morgan fingerprint density at radius 1 is 1.19 bits per heavy atom. The third-order valence-corrected chi connectivity index (χ3v) is 5.62. The van der Waals surface area contributed by atoms with Gasteiger partial charge in [0.2, 0.25) is 5.13 Å². The summed E-state index contributed by atoms with van der Waals surface area (Å²) in [6.45, 7) is 6.39. The van der Waals surface area contributed by atoms with Crippen LogP contribution < -0.4 is 10.6 Å². The molecule has 0 bridgehead atoms. The van der Waals surface area contributed by atoms with E-state index in [1.807, 2.05) is 19.0 Å². The van der Waals surface area contributed by atoms with Crippen molar-refractivity contribution in [1.29, 1.82) is 0 Å². The number of anilines is 1. The molecule has 1 aromatic carbocycles. The number of hydrogen-bond donors (Lipinski definition) is 1. The lowest BCUT2D eigenvalue weighted by molar-refractivity contribution is 0.812. The molecular weight excluding hydrogens is 300 g/mol. The summed E-state index contributed by atoms with van der Waals surface area (Å²) in [5, 5.41) is 9.27. The molecule has 1 aromatic heterocycles. The van der Waals surface area contributed by atoms with E-state index in [1.54, 1.807) is 23.1 Å². The summed E-state index contributed by atoms with van der Waals surface area (Å²) in [5.74, 6) is 0.812. The lowest BCUT2D eigenvalue weighted by Gasteiger charge is -2.17. The summed E-state index contributed by atoms with van der Waals surface area (Å²) < 4.78 is 0.969. The first-order valence-electron chi connectivity index (χ1n) is 6.85. The minimum Gasteiger partial charge on any atom is -0.353 e. The number of thioether (sulfide) groups is 1. The highest BCUT2D eigenvalue weighted by atomic mass is 32.2. The molecule has 2 aromatic rings. The molecule has 2 rings (SSSR count). The van der Waals surface area contributed by atoms with Crippen LogP contribution in [-0.2, 0) is 0 Å². The van der Waals surface area contributed by atoms with Gasteiger partial charge in [-0.25, -0.2) is 0 Å². The van der Waals surface area contributed by atoms with E-state index in [9.17, 15) is 0 Å². The largest absolute Gasteiger partial charge is 0.353 e. The summed E-state index contributed by atoms with van der Waals surface area (Å²) in [5.41, 5.74) is 11.5. The molecule has 1 atom stereocenters. The van der Waals surface area contributed by atoms with Crippen LogP contribution in [0.2, 0.25) is 0 Å². The summed E-state index contributed by atoms with van der Waals surface area (Å²) in [6, 6.07) is 4.41. The molecule has 0 radical (unpaired) electrons. The zero-order chi connectivity index (χ0) is 15.6. The molecule has 1 heterocycles. The van der Waals surface area contributed by atoms with Gasteiger partial charge in [-0.1, -0.05) is 40.8 Å². The molecule has 0 aliphatic rings. The molecule has 0 saturated carbocycles. The molecule has 0 aliphatic heterocycles. The van der Waals surface area contributed by atoms with E-state index < -0.39 is 0 Å². The van der Waals surface area contributed by atoms with E-state index in [4.69, 9.17) is 5.73 Å². The third-order valence-electron chi connectivity index (χ3n) is 3.27. The molecule has 21 heavy (non-hydrogen) atoms. The second kappa shape index (κ2) is 6.77. The van der Waals surface area contributed by atoms with Gasteiger partial charge in [0.1, 0.15) is 0 Å². The second-order valence-corrected chi connectivity index (χ2v) is 7.70. The Kier molecular flexibility index (Phi) is 5.24. The van der Waals surface area contributed by atoms with E-state index in [2.05, 4.69) is 43.1 Å². The second-order valence-electron chi connectivity index (χ2n) is 5.47. The Labute approximate surface area is 134 Å². The summed E-state index contributed by atoms with van der Waals surface area (Å²) in [4.78, 5) is 1.97. The number of hydrogen-bond acceptors (Lipinski definition) is 6. The molecule has 6 heteroatoms. The zero-order valence-corrected chi connectivity index (χ0v) is 14.8. The molecule has 0 amide bonds. The minimum absolute atomic E-state index is 0.0160. The average molecular weight is 323 g/mol. The molecule has 1 unspecified atom stereocenters. The number of aromatic nitrogens is 2. The fourth-order valence-corrected chi connectivity index (χ4v) is 4.21. The van der Waals surface area contributed by atoms with Crippen molar-refractivity contribution in [2.75, 3.05) is 24.7 Å². The van der Waals surface area contributed by atoms with Gasteiger partial charge in [0.05, 0.1) is 0 Å². The van der Waals surface area contributed by atoms with E-state index >= 15 is 0 Å². The number of rotatable bonds is 5. The smallest absolute Gasteiger partial charge is 0.208 e. The number of aryl methyl sites for hydroxylation is 3. The number of nitrogens with zero attached hydrogens (tertiary/aromatic N) is 3. The Morgan fingerprint density at radius 3 is 2.33 bits per heavy atom. The SMILES string of the molecule is Cc1cc(C)c(C(N)CSc2nnc(N(C)C)s2)c(C)c1. The number of nitrogens with two attached hydrogens (primary N) is 1. The van der Waals surface area contributed by atoms with Crippen LogP contribution in [0.1, 0.15) is 28.3 Å². The zero-order valence-electron chi connectivity index (χ0n) is 13.2. The van der Waals surface area contributed by atoms with E-state index in [0.717, 1.165) is 15.2 Å². The van der Waals surface area contributed by atoms with Gasteiger partial charge < -0.3 is 10.6 Å². The van der Waals surface area contributed by atoms with Gasteiger partial charge >= 0.3 is 0 Å². The highest BCUT2D eigenvalue weighted by Gasteiger charge is 2.14. The Balaban J connectivity index is 2.06. The highest BCUT2D eigenvalue weighted by Crippen LogP contribution is 2.31. The fourth-order valence-electron chi connectivity index (χ4n) is 2.46. The van der Waals surface area contributed by atoms with Crippen LogP contribution in [0.5, 0.6) is 0 Å². The molecule has 4 nitrogen and oxygen atoms in total. The standard InChI is InChI=1S/C15H22N4S2/c1-9-6-10(2)13(11(3)7-9)12(16)8-20-15-18-17-14(21-15)19(4)5/h6-7,12H,8,16H2,1-5H3.